The minimum absolute atomic E-state index is 0. The number of amides is 1. The SMILES string of the molecule is CCCCCNC(=NC)NCCNC(=O)Cc1cccc(F)c1.I. The lowest BCUT2D eigenvalue weighted by molar-refractivity contribution is -0.120. The fourth-order valence-corrected chi connectivity index (χ4v) is 2.08. The van der Waals surface area contributed by atoms with Crippen LogP contribution in [0.15, 0.2) is 29.3 Å². The summed E-state index contributed by atoms with van der Waals surface area (Å²) < 4.78 is 13.0. The van der Waals surface area contributed by atoms with Crippen molar-refractivity contribution in [2.75, 3.05) is 26.7 Å². The third-order valence-corrected chi connectivity index (χ3v) is 3.29. The third-order valence-electron chi connectivity index (χ3n) is 3.29. The van der Waals surface area contributed by atoms with E-state index in [4.69, 9.17) is 0 Å². The molecule has 0 saturated heterocycles. The van der Waals surface area contributed by atoms with Crippen LogP contribution in [-0.2, 0) is 11.2 Å². The summed E-state index contributed by atoms with van der Waals surface area (Å²) in [6.07, 6.45) is 3.68. The summed E-state index contributed by atoms with van der Waals surface area (Å²) in [7, 11) is 1.72. The number of nitrogens with zero attached hydrogens (tertiary/aromatic N) is 1. The molecular formula is C17H28FIN4O. The maximum Gasteiger partial charge on any atom is 0.224 e. The maximum absolute atomic E-state index is 13.0. The molecule has 0 unspecified atom stereocenters. The molecule has 0 aliphatic rings. The Hall–Kier alpha value is -1.38. The molecule has 3 N–H and O–H groups in total. The van der Waals surface area contributed by atoms with Gasteiger partial charge in [-0.25, -0.2) is 4.39 Å². The van der Waals surface area contributed by atoms with Gasteiger partial charge in [0, 0.05) is 26.7 Å². The van der Waals surface area contributed by atoms with Crippen LogP contribution in [0, 0.1) is 5.82 Å². The Balaban J connectivity index is 0.00000529. The van der Waals surface area contributed by atoms with Gasteiger partial charge in [-0.15, -0.1) is 24.0 Å². The minimum Gasteiger partial charge on any atom is -0.356 e. The second-order valence-corrected chi connectivity index (χ2v) is 5.29. The van der Waals surface area contributed by atoms with Crippen molar-refractivity contribution in [3.05, 3.63) is 35.6 Å². The van der Waals surface area contributed by atoms with E-state index in [1.165, 1.54) is 25.0 Å². The zero-order chi connectivity index (χ0) is 16.9. The molecule has 24 heavy (non-hydrogen) atoms. The van der Waals surface area contributed by atoms with Crippen LogP contribution in [0.5, 0.6) is 0 Å². The van der Waals surface area contributed by atoms with Gasteiger partial charge in [-0.2, -0.15) is 0 Å². The first-order valence-electron chi connectivity index (χ1n) is 8.11. The van der Waals surface area contributed by atoms with Crippen molar-refractivity contribution in [1.29, 1.82) is 0 Å². The van der Waals surface area contributed by atoms with Crippen LogP contribution in [-0.4, -0.2) is 38.5 Å². The van der Waals surface area contributed by atoms with E-state index in [-0.39, 0.29) is 42.1 Å². The second kappa shape index (κ2) is 14.0. The predicted octanol–water partition coefficient (Wildman–Crippen LogP) is 2.46. The number of aliphatic imine (C=N–C) groups is 1. The number of nitrogens with one attached hydrogen (secondary N) is 3. The van der Waals surface area contributed by atoms with Crippen molar-refractivity contribution < 1.29 is 9.18 Å². The van der Waals surface area contributed by atoms with E-state index < -0.39 is 0 Å². The standard InChI is InChI=1S/C17H27FN4O.HI/c1-3-4-5-9-21-17(19-2)22-11-10-20-16(23)13-14-7-6-8-15(18)12-14;/h6-8,12H,3-5,9-11,13H2,1-2H3,(H,20,23)(H2,19,21,22);1H. The number of halogens is 2. The molecule has 0 heterocycles. The number of benzene rings is 1. The van der Waals surface area contributed by atoms with Crippen molar-refractivity contribution in [1.82, 2.24) is 16.0 Å². The first kappa shape index (κ1) is 22.6. The van der Waals surface area contributed by atoms with E-state index in [2.05, 4.69) is 27.9 Å². The van der Waals surface area contributed by atoms with Crippen LogP contribution in [0.3, 0.4) is 0 Å². The van der Waals surface area contributed by atoms with Crippen molar-refractivity contribution >= 4 is 35.8 Å². The molecule has 0 fully saturated rings. The van der Waals surface area contributed by atoms with Gasteiger partial charge in [0.05, 0.1) is 6.42 Å². The molecule has 1 aromatic carbocycles. The number of hydrogen-bond donors (Lipinski definition) is 3. The summed E-state index contributed by atoms with van der Waals surface area (Å²) in [6.45, 7) is 4.13. The molecule has 1 amide bonds. The lowest BCUT2D eigenvalue weighted by Crippen LogP contribution is -2.42. The van der Waals surface area contributed by atoms with Gasteiger partial charge in [-0.3, -0.25) is 9.79 Å². The number of carbonyl (C=O) groups is 1. The highest BCUT2D eigenvalue weighted by Gasteiger charge is 2.04. The van der Waals surface area contributed by atoms with Crippen LogP contribution < -0.4 is 16.0 Å². The minimum atomic E-state index is -0.324. The van der Waals surface area contributed by atoms with Crippen LogP contribution in [0.1, 0.15) is 31.7 Å². The van der Waals surface area contributed by atoms with Gasteiger partial charge in [-0.1, -0.05) is 31.9 Å². The summed E-state index contributed by atoms with van der Waals surface area (Å²) in [6, 6.07) is 6.08. The van der Waals surface area contributed by atoms with Crippen molar-refractivity contribution in [2.45, 2.75) is 32.6 Å². The number of carbonyl (C=O) groups excluding carboxylic acids is 1. The highest BCUT2D eigenvalue weighted by Crippen LogP contribution is 2.03. The normalized spacial score (nSPS) is 10.7. The molecule has 1 rings (SSSR count). The average Bonchev–Trinajstić information content (AvgIpc) is 2.53. The Kier molecular flexibility index (Phi) is 13.2. The van der Waals surface area contributed by atoms with Gasteiger partial charge in [0.2, 0.25) is 5.91 Å². The molecule has 0 aromatic heterocycles. The Morgan fingerprint density at radius 3 is 2.50 bits per heavy atom. The summed E-state index contributed by atoms with van der Waals surface area (Å²) in [4.78, 5) is 15.9. The highest BCUT2D eigenvalue weighted by atomic mass is 127. The van der Waals surface area contributed by atoms with Gasteiger partial charge in [0.1, 0.15) is 5.82 Å². The molecule has 7 heteroatoms. The van der Waals surface area contributed by atoms with E-state index in [0.717, 1.165) is 18.9 Å². The van der Waals surface area contributed by atoms with Crippen LogP contribution >= 0.6 is 24.0 Å². The van der Waals surface area contributed by atoms with Gasteiger partial charge in [0.25, 0.3) is 0 Å². The molecule has 0 bridgehead atoms. The van der Waals surface area contributed by atoms with Crippen LogP contribution in [0.2, 0.25) is 0 Å². The molecule has 0 saturated carbocycles. The molecule has 0 spiro atoms. The number of hydrogen-bond acceptors (Lipinski definition) is 2. The maximum atomic E-state index is 13.0. The topological polar surface area (TPSA) is 65.5 Å². The summed E-state index contributed by atoms with van der Waals surface area (Å²) in [5.41, 5.74) is 0.670. The van der Waals surface area contributed by atoms with Crippen molar-refractivity contribution in [2.24, 2.45) is 4.99 Å². The lowest BCUT2D eigenvalue weighted by atomic mass is 10.1. The quantitative estimate of drug-likeness (QED) is 0.235. The Morgan fingerprint density at radius 1 is 1.12 bits per heavy atom. The molecule has 136 valence electrons. The van der Waals surface area contributed by atoms with Crippen molar-refractivity contribution in [3.8, 4) is 0 Å². The monoisotopic (exact) mass is 450 g/mol. The number of unbranched alkanes of at least 4 members (excludes halogenated alkanes) is 2. The summed E-state index contributed by atoms with van der Waals surface area (Å²) in [5.74, 6) is 0.290. The fourth-order valence-electron chi connectivity index (χ4n) is 2.08. The fraction of sp³-hybridized carbons (Fsp3) is 0.529. The van der Waals surface area contributed by atoms with E-state index in [1.807, 2.05) is 0 Å². The molecule has 0 atom stereocenters. The first-order valence-corrected chi connectivity index (χ1v) is 8.11. The molecule has 1 aromatic rings. The first-order chi connectivity index (χ1) is 11.2. The molecule has 0 aliphatic carbocycles. The zero-order valence-electron chi connectivity index (χ0n) is 14.4. The molecule has 0 radical (unpaired) electrons. The summed E-state index contributed by atoms with van der Waals surface area (Å²) >= 11 is 0. The third kappa shape index (κ3) is 10.4. The average molecular weight is 450 g/mol. The van der Waals surface area contributed by atoms with E-state index in [0.29, 0.717) is 18.7 Å². The molecule has 0 aliphatic heterocycles. The predicted molar refractivity (Wildman–Crippen MR) is 107 cm³/mol. The van der Waals surface area contributed by atoms with Gasteiger partial charge >= 0.3 is 0 Å². The highest BCUT2D eigenvalue weighted by molar-refractivity contribution is 14.0. The Morgan fingerprint density at radius 2 is 1.83 bits per heavy atom. The largest absolute Gasteiger partial charge is 0.356 e. The van der Waals surface area contributed by atoms with E-state index >= 15 is 0 Å². The van der Waals surface area contributed by atoms with Gasteiger partial charge in [0.15, 0.2) is 5.96 Å². The van der Waals surface area contributed by atoms with Crippen LogP contribution in [0.25, 0.3) is 0 Å². The van der Waals surface area contributed by atoms with Gasteiger partial charge < -0.3 is 16.0 Å². The van der Waals surface area contributed by atoms with E-state index in [9.17, 15) is 9.18 Å². The van der Waals surface area contributed by atoms with Gasteiger partial charge in [-0.05, 0) is 24.1 Å². The second-order valence-electron chi connectivity index (χ2n) is 5.29. The smallest absolute Gasteiger partial charge is 0.224 e. The Bertz CT molecular complexity index is 511. The van der Waals surface area contributed by atoms with Crippen molar-refractivity contribution in [3.63, 3.8) is 0 Å². The molecule has 5 nitrogen and oxygen atoms in total. The number of guanidine groups is 1. The number of rotatable bonds is 9. The zero-order valence-corrected chi connectivity index (χ0v) is 16.7. The summed E-state index contributed by atoms with van der Waals surface area (Å²) in [5, 5.41) is 9.16. The Labute approximate surface area is 160 Å². The molecular weight excluding hydrogens is 422 g/mol. The van der Waals surface area contributed by atoms with Crippen LogP contribution in [0.4, 0.5) is 4.39 Å². The lowest BCUT2D eigenvalue weighted by Gasteiger charge is -2.12. The van der Waals surface area contributed by atoms with E-state index in [1.54, 1.807) is 19.2 Å².